The smallest absolute Gasteiger partial charge is 0.0978 e. The zero-order valence-corrected chi connectivity index (χ0v) is 18.9. The number of fused-ring (bicyclic) bond motifs is 3. The van der Waals surface area contributed by atoms with Crippen LogP contribution in [0.3, 0.4) is 0 Å². The highest BCUT2D eigenvalue weighted by atomic mass is 32.2. The summed E-state index contributed by atoms with van der Waals surface area (Å²) in [6.45, 7) is 4.52. The lowest BCUT2D eigenvalue weighted by Gasteiger charge is -2.07. The van der Waals surface area contributed by atoms with Crippen LogP contribution in [0.15, 0.2) is 46.5 Å². The first-order valence-electron chi connectivity index (χ1n) is 10.8. The molecule has 0 radical (unpaired) electrons. The molecule has 0 aliphatic heterocycles. The van der Waals surface area contributed by atoms with Gasteiger partial charge in [0.05, 0.1) is 21.1 Å². The Morgan fingerprint density at radius 2 is 1.00 bits per heavy atom. The van der Waals surface area contributed by atoms with Crippen LogP contribution in [-0.4, -0.2) is 21.5 Å². The minimum Gasteiger partial charge on any atom is -0.239 e. The molecule has 2 nitrogen and oxygen atoms in total. The van der Waals surface area contributed by atoms with Crippen LogP contribution in [0.25, 0.3) is 21.8 Å². The minimum atomic E-state index is 1.05. The van der Waals surface area contributed by atoms with Gasteiger partial charge in [-0.05, 0) is 36.5 Å². The van der Waals surface area contributed by atoms with Crippen molar-refractivity contribution in [1.82, 2.24) is 9.97 Å². The molecule has 3 aromatic rings. The Hall–Kier alpha value is -1.26. The predicted octanol–water partition coefficient (Wildman–Crippen LogP) is 8.13. The Labute approximate surface area is 178 Å². The number of thioether (sulfide) groups is 2. The number of aromatic nitrogens is 2. The molecule has 4 heteroatoms. The second kappa shape index (κ2) is 11.7. The summed E-state index contributed by atoms with van der Waals surface area (Å²) < 4.78 is 0. The molecule has 0 amide bonds. The fourth-order valence-electron chi connectivity index (χ4n) is 3.30. The Morgan fingerprint density at radius 1 is 0.571 bits per heavy atom. The van der Waals surface area contributed by atoms with Crippen LogP contribution in [0, 0.1) is 0 Å². The first-order valence-corrected chi connectivity index (χ1v) is 12.7. The normalized spacial score (nSPS) is 11.5. The molecular weight excluding hydrogens is 380 g/mol. The lowest BCUT2D eigenvalue weighted by atomic mass is 10.1. The van der Waals surface area contributed by atoms with Gasteiger partial charge in [-0.1, -0.05) is 76.6 Å². The number of benzene rings is 1. The van der Waals surface area contributed by atoms with Crippen molar-refractivity contribution in [3.8, 4) is 0 Å². The monoisotopic (exact) mass is 412 g/mol. The van der Waals surface area contributed by atoms with Crippen LogP contribution >= 0.6 is 23.5 Å². The molecule has 0 fully saturated rings. The first kappa shape index (κ1) is 21.4. The average Bonchev–Trinajstić information content (AvgIpc) is 2.73. The van der Waals surface area contributed by atoms with Crippen LogP contribution < -0.4 is 0 Å². The van der Waals surface area contributed by atoms with Gasteiger partial charge in [-0.25, -0.2) is 9.97 Å². The zero-order valence-electron chi connectivity index (χ0n) is 17.2. The molecule has 0 spiro atoms. The molecular formula is C24H32N2S2. The van der Waals surface area contributed by atoms with Gasteiger partial charge in [-0.2, -0.15) is 0 Å². The van der Waals surface area contributed by atoms with Gasteiger partial charge >= 0.3 is 0 Å². The molecule has 150 valence electrons. The van der Waals surface area contributed by atoms with Crippen LogP contribution in [0.1, 0.15) is 65.2 Å². The third-order valence-corrected chi connectivity index (χ3v) is 7.00. The van der Waals surface area contributed by atoms with Crippen LogP contribution in [0.5, 0.6) is 0 Å². The van der Waals surface area contributed by atoms with Crippen molar-refractivity contribution >= 4 is 45.3 Å². The Kier molecular flexibility index (Phi) is 8.94. The highest BCUT2D eigenvalue weighted by molar-refractivity contribution is 7.99. The highest BCUT2D eigenvalue weighted by Gasteiger charge is 2.07. The molecule has 0 unspecified atom stereocenters. The third-order valence-electron chi connectivity index (χ3n) is 4.96. The topological polar surface area (TPSA) is 25.8 Å². The van der Waals surface area contributed by atoms with Gasteiger partial charge in [0, 0.05) is 10.8 Å². The maximum atomic E-state index is 4.97. The van der Waals surface area contributed by atoms with E-state index in [1.54, 1.807) is 0 Å². The maximum absolute atomic E-state index is 4.97. The van der Waals surface area contributed by atoms with Crippen LogP contribution in [0.2, 0.25) is 0 Å². The minimum absolute atomic E-state index is 1.05. The van der Waals surface area contributed by atoms with Gasteiger partial charge in [0.25, 0.3) is 0 Å². The molecule has 2 aromatic heterocycles. The molecule has 28 heavy (non-hydrogen) atoms. The van der Waals surface area contributed by atoms with Gasteiger partial charge in [0.2, 0.25) is 0 Å². The van der Waals surface area contributed by atoms with Crippen molar-refractivity contribution in [2.45, 2.75) is 75.3 Å². The predicted molar refractivity (Wildman–Crippen MR) is 127 cm³/mol. The van der Waals surface area contributed by atoms with Gasteiger partial charge in [-0.3, -0.25) is 0 Å². The van der Waals surface area contributed by atoms with E-state index in [9.17, 15) is 0 Å². The quantitative estimate of drug-likeness (QED) is 0.170. The number of hydrogen-bond donors (Lipinski definition) is 0. The summed E-state index contributed by atoms with van der Waals surface area (Å²) in [5.41, 5.74) is 2.09. The second-order valence-corrected chi connectivity index (χ2v) is 9.56. The van der Waals surface area contributed by atoms with E-state index in [0.29, 0.717) is 0 Å². The van der Waals surface area contributed by atoms with Crippen molar-refractivity contribution in [2.75, 3.05) is 11.5 Å². The van der Waals surface area contributed by atoms with Crippen molar-refractivity contribution in [3.05, 3.63) is 36.4 Å². The zero-order chi connectivity index (χ0) is 19.6. The molecule has 0 saturated heterocycles. The lowest BCUT2D eigenvalue weighted by molar-refractivity contribution is 0.706. The highest BCUT2D eigenvalue weighted by Crippen LogP contribution is 2.28. The number of unbranched alkanes of at least 4 members (excludes halogenated alkanes) is 6. The van der Waals surface area contributed by atoms with Crippen molar-refractivity contribution in [1.29, 1.82) is 0 Å². The standard InChI is InChI=1S/C24H32N2S2/c1-3-5-7-9-17-27-21-15-13-19-11-12-20-14-16-22(26-24(20)23(19)25-21)28-18-10-8-6-4-2/h11-16H,3-10,17-18H2,1-2H3. The van der Waals surface area contributed by atoms with Gasteiger partial charge in [-0.15, -0.1) is 23.5 Å². The summed E-state index contributed by atoms with van der Waals surface area (Å²) in [5.74, 6) is 2.30. The number of nitrogens with zero attached hydrogens (tertiary/aromatic N) is 2. The van der Waals surface area contributed by atoms with E-state index in [1.807, 2.05) is 23.5 Å². The first-order chi connectivity index (χ1) is 13.8. The number of rotatable bonds is 12. The van der Waals surface area contributed by atoms with Gasteiger partial charge in [0.1, 0.15) is 0 Å². The molecule has 0 aliphatic carbocycles. The molecule has 1 aromatic carbocycles. The van der Waals surface area contributed by atoms with E-state index in [1.165, 1.54) is 62.1 Å². The molecule has 0 N–H and O–H groups in total. The SMILES string of the molecule is CCCCCCSc1ccc2ccc3ccc(SCCCCCC)nc3c2n1. The second-order valence-electron chi connectivity index (χ2n) is 7.33. The van der Waals surface area contributed by atoms with Gasteiger partial charge in [0.15, 0.2) is 0 Å². The number of pyridine rings is 2. The maximum Gasteiger partial charge on any atom is 0.0978 e. The fraction of sp³-hybridized carbons (Fsp3) is 0.500. The Bertz CT molecular complexity index is 806. The Balaban J connectivity index is 1.74. The molecule has 3 rings (SSSR count). The third kappa shape index (κ3) is 6.12. The summed E-state index contributed by atoms with van der Waals surface area (Å²) in [6, 6.07) is 13.0. The van der Waals surface area contributed by atoms with Crippen LogP contribution in [-0.2, 0) is 0 Å². The molecule has 0 saturated carbocycles. The van der Waals surface area contributed by atoms with Gasteiger partial charge < -0.3 is 0 Å². The van der Waals surface area contributed by atoms with E-state index in [2.05, 4.69) is 50.2 Å². The van der Waals surface area contributed by atoms with E-state index >= 15 is 0 Å². The summed E-state index contributed by atoms with van der Waals surface area (Å²) >= 11 is 3.75. The molecule has 0 atom stereocenters. The van der Waals surface area contributed by atoms with E-state index < -0.39 is 0 Å². The lowest BCUT2D eigenvalue weighted by Crippen LogP contribution is -1.91. The summed E-state index contributed by atoms with van der Waals surface area (Å²) in [5, 5.41) is 4.60. The molecule has 0 bridgehead atoms. The molecule has 0 aliphatic rings. The summed E-state index contributed by atoms with van der Waals surface area (Å²) in [7, 11) is 0. The average molecular weight is 413 g/mol. The van der Waals surface area contributed by atoms with E-state index in [4.69, 9.17) is 9.97 Å². The van der Waals surface area contributed by atoms with Crippen molar-refractivity contribution in [3.63, 3.8) is 0 Å². The van der Waals surface area contributed by atoms with E-state index in [0.717, 1.165) is 32.6 Å². The largest absolute Gasteiger partial charge is 0.239 e. The molecule has 2 heterocycles. The summed E-state index contributed by atoms with van der Waals surface area (Å²) in [4.78, 5) is 9.95. The summed E-state index contributed by atoms with van der Waals surface area (Å²) in [6.07, 6.45) is 10.4. The number of hydrogen-bond acceptors (Lipinski definition) is 4. The van der Waals surface area contributed by atoms with Crippen molar-refractivity contribution < 1.29 is 0 Å². The Morgan fingerprint density at radius 3 is 1.43 bits per heavy atom. The fourth-order valence-corrected chi connectivity index (χ4v) is 5.06. The van der Waals surface area contributed by atoms with Crippen molar-refractivity contribution in [2.24, 2.45) is 0 Å². The van der Waals surface area contributed by atoms with E-state index in [-0.39, 0.29) is 0 Å². The van der Waals surface area contributed by atoms with Crippen LogP contribution in [0.4, 0.5) is 0 Å².